The Balaban J connectivity index is 2.47. The summed E-state index contributed by atoms with van der Waals surface area (Å²) >= 11 is 0. The Morgan fingerprint density at radius 1 is 1.16 bits per heavy atom. The Kier molecular flexibility index (Phi) is 4.04. The predicted molar refractivity (Wildman–Crippen MR) is 70.9 cm³/mol. The second-order valence-electron chi connectivity index (χ2n) is 4.24. The summed E-state index contributed by atoms with van der Waals surface area (Å²) in [5, 5.41) is 3.02. The van der Waals surface area contributed by atoms with E-state index in [0.29, 0.717) is 18.2 Å². The smallest absolute Gasteiger partial charge is 0.223 e. The van der Waals surface area contributed by atoms with Gasteiger partial charge in [-0.05, 0) is 31.5 Å². The predicted octanol–water partition coefficient (Wildman–Crippen LogP) is 3.55. The summed E-state index contributed by atoms with van der Waals surface area (Å²) in [4.78, 5) is 8.35. The first kappa shape index (κ1) is 13.4. The van der Waals surface area contributed by atoms with Gasteiger partial charge in [0.25, 0.3) is 0 Å². The van der Waals surface area contributed by atoms with Gasteiger partial charge >= 0.3 is 0 Å². The fourth-order valence-electron chi connectivity index (χ4n) is 1.75. The molecule has 19 heavy (non-hydrogen) atoms. The van der Waals surface area contributed by atoms with E-state index >= 15 is 0 Å². The monoisotopic (exact) mass is 263 g/mol. The van der Waals surface area contributed by atoms with E-state index in [1.165, 1.54) is 18.2 Å². The molecule has 5 heteroatoms. The molecule has 0 fully saturated rings. The lowest BCUT2D eigenvalue weighted by Gasteiger charge is -2.08. The van der Waals surface area contributed by atoms with Crippen molar-refractivity contribution < 1.29 is 8.78 Å². The van der Waals surface area contributed by atoms with E-state index in [9.17, 15) is 8.78 Å². The van der Waals surface area contributed by atoms with Crippen molar-refractivity contribution in [2.45, 2.75) is 20.3 Å². The van der Waals surface area contributed by atoms with Gasteiger partial charge in [-0.1, -0.05) is 13.0 Å². The summed E-state index contributed by atoms with van der Waals surface area (Å²) in [6.07, 6.45) is 0.917. The second kappa shape index (κ2) is 5.73. The molecule has 100 valence electrons. The lowest BCUT2D eigenvalue weighted by Crippen LogP contribution is -2.06. The molecule has 0 radical (unpaired) electrons. The van der Waals surface area contributed by atoms with Gasteiger partial charge in [0.15, 0.2) is 0 Å². The zero-order valence-electron chi connectivity index (χ0n) is 10.9. The highest BCUT2D eigenvalue weighted by Crippen LogP contribution is 2.25. The highest BCUT2D eigenvalue weighted by molar-refractivity contribution is 5.62. The molecular formula is C14H15F2N3. The summed E-state index contributed by atoms with van der Waals surface area (Å²) in [5.74, 6) is -0.862. The standard InChI is InChI=1S/C14H15F2N3/c1-3-7-17-14-18-9(2)8-12(19-14)13-10(15)5-4-6-11(13)16/h4-6,8H,3,7H2,1-2H3,(H,17,18,19). The van der Waals surface area contributed by atoms with E-state index in [1.807, 2.05) is 6.92 Å². The number of aromatic nitrogens is 2. The molecular weight excluding hydrogens is 248 g/mol. The Bertz CT molecular complexity index is 565. The lowest BCUT2D eigenvalue weighted by molar-refractivity contribution is 0.588. The fourth-order valence-corrected chi connectivity index (χ4v) is 1.75. The van der Waals surface area contributed by atoms with Crippen LogP contribution >= 0.6 is 0 Å². The maximum Gasteiger partial charge on any atom is 0.223 e. The Labute approximate surface area is 110 Å². The Morgan fingerprint density at radius 2 is 1.84 bits per heavy atom. The molecule has 0 unspecified atom stereocenters. The molecule has 0 aliphatic carbocycles. The van der Waals surface area contributed by atoms with Gasteiger partial charge in [0, 0.05) is 12.2 Å². The molecule has 3 nitrogen and oxygen atoms in total. The first-order chi connectivity index (χ1) is 9.11. The molecule has 2 rings (SSSR count). The van der Waals surface area contributed by atoms with Gasteiger partial charge in [-0.25, -0.2) is 18.7 Å². The number of halogens is 2. The molecule has 1 aromatic carbocycles. The molecule has 1 N–H and O–H groups in total. The van der Waals surface area contributed by atoms with Crippen molar-refractivity contribution in [3.8, 4) is 11.3 Å². The van der Waals surface area contributed by atoms with Crippen LogP contribution in [-0.2, 0) is 0 Å². The zero-order chi connectivity index (χ0) is 13.8. The van der Waals surface area contributed by atoms with E-state index in [1.54, 1.807) is 13.0 Å². The maximum absolute atomic E-state index is 13.7. The van der Waals surface area contributed by atoms with E-state index in [4.69, 9.17) is 0 Å². The Morgan fingerprint density at radius 3 is 2.47 bits per heavy atom. The number of nitrogens with one attached hydrogen (secondary N) is 1. The van der Waals surface area contributed by atoms with Gasteiger partial charge in [-0.15, -0.1) is 0 Å². The summed E-state index contributed by atoms with van der Waals surface area (Å²) in [6, 6.07) is 5.33. The highest BCUT2D eigenvalue weighted by Gasteiger charge is 2.13. The Hall–Kier alpha value is -2.04. The number of aryl methyl sites for hydroxylation is 1. The third kappa shape index (κ3) is 3.05. The summed E-state index contributed by atoms with van der Waals surface area (Å²) in [5.41, 5.74) is 0.792. The molecule has 0 amide bonds. The fraction of sp³-hybridized carbons (Fsp3) is 0.286. The van der Waals surface area contributed by atoms with Crippen LogP contribution in [0.4, 0.5) is 14.7 Å². The van der Waals surface area contributed by atoms with Gasteiger partial charge in [0.05, 0.1) is 11.3 Å². The van der Waals surface area contributed by atoms with Crippen molar-refractivity contribution in [2.75, 3.05) is 11.9 Å². The molecule has 2 aromatic rings. The number of rotatable bonds is 4. The first-order valence-corrected chi connectivity index (χ1v) is 6.15. The van der Waals surface area contributed by atoms with E-state index in [-0.39, 0.29) is 11.3 Å². The van der Waals surface area contributed by atoms with Crippen molar-refractivity contribution in [1.82, 2.24) is 9.97 Å². The quantitative estimate of drug-likeness (QED) is 0.916. The second-order valence-corrected chi connectivity index (χ2v) is 4.24. The van der Waals surface area contributed by atoms with Gasteiger partial charge in [-0.2, -0.15) is 0 Å². The number of benzene rings is 1. The molecule has 0 aliphatic heterocycles. The molecule has 1 aromatic heterocycles. The number of nitrogens with zero attached hydrogens (tertiary/aromatic N) is 2. The average molecular weight is 263 g/mol. The molecule has 0 bridgehead atoms. The van der Waals surface area contributed by atoms with E-state index in [0.717, 1.165) is 6.42 Å². The number of hydrogen-bond acceptors (Lipinski definition) is 3. The van der Waals surface area contributed by atoms with Crippen LogP contribution in [0, 0.1) is 18.6 Å². The topological polar surface area (TPSA) is 37.8 Å². The third-order valence-electron chi connectivity index (χ3n) is 2.61. The minimum Gasteiger partial charge on any atom is -0.354 e. The highest BCUT2D eigenvalue weighted by atomic mass is 19.1. The van der Waals surface area contributed by atoms with Crippen molar-refractivity contribution in [2.24, 2.45) is 0 Å². The summed E-state index contributed by atoms with van der Waals surface area (Å²) in [6.45, 7) is 4.49. The molecule has 1 heterocycles. The van der Waals surface area contributed by atoms with Gasteiger partial charge in [-0.3, -0.25) is 0 Å². The zero-order valence-corrected chi connectivity index (χ0v) is 10.9. The van der Waals surface area contributed by atoms with E-state index < -0.39 is 11.6 Å². The lowest BCUT2D eigenvalue weighted by atomic mass is 10.1. The van der Waals surface area contributed by atoms with Gasteiger partial charge < -0.3 is 5.32 Å². The number of anilines is 1. The van der Waals surface area contributed by atoms with Crippen LogP contribution in [0.3, 0.4) is 0 Å². The maximum atomic E-state index is 13.7. The number of hydrogen-bond donors (Lipinski definition) is 1. The van der Waals surface area contributed by atoms with Crippen molar-refractivity contribution in [3.63, 3.8) is 0 Å². The van der Waals surface area contributed by atoms with Crippen LogP contribution < -0.4 is 5.32 Å². The van der Waals surface area contributed by atoms with Crippen LogP contribution in [0.25, 0.3) is 11.3 Å². The normalized spacial score (nSPS) is 10.5. The van der Waals surface area contributed by atoms with Crippen LogP contribution in [0.15, 0.2) is 24.3 Å². The largest absolute Gasteiger partial charge is 0.354 e. The van der Waals surface area contributed by atoms with E-state index in [2.05, 4.69) is 15.3 Å². The van der Waals surface area contributed by atoms with Crippen molar-refractivity contribution in [3.05, 3.63) is 41.6 Å². The molecule has 0 aliphatic rings. The first-order valence-electron chi connectivity index (χ1n) is 6.15. The SMILES string of the molecule is CCCNc1nc(C)cc(-c2c(F)cccc2F)n1. The average Bonchev–Trinajstić information content (AvgIpc) is 2.35. The van der Waals surface area contributed by atoms with Crippen LogP contribution in [0.1, 0.15) is 19.0 Å². The molecule has 0 atom stereocenters. The molecule has 0 saturated carbocycles. The minimum absolute atomic E-state index is 0.118. The van der Waals surface area contributed by atoms with Gasteiger partial charge in [0.1, 0.15) is 11.6 Å². The molecule has 0 spiro atoms. The summed E-state index contributed by atoms with van der Waals surface area (Å²) < 4.78 is 27.5. The van der Waals surface area contributed by atoms with Gasteiger partial charge in [0.2, 0.25) is 5.95 Å². The van der Waals surface area contributed by atoms with Crippen molar-refractivity contribution >= 4 is 5.95 Å². The van der Waals surface area contributed by atoms with Crippen molar-refractivity contribution in [1.29, 1.82) is 0 Å². The minimum atomic E-state index is -0.625. The summed E-state index contributed by atoms with van der Waals surface area (Å²) in [7, 11) is 0. The van der Waals surface area contributed by atoms with Crippen LogP contribution in [-0.4, -0.2) is 16.5 Å². The molecule has 0 saturated heterocycles. The van der Waals surface area contributed by atoms with Crippen LogP contribution in [0.5, 0.6) is 0 Å². The third-order valence-corrected chi connectivity index (χ3v) is 2.61. The van der Waals surface area contributed by atoms with Crippen LogP contribution in [0.2, 0.25) is 0 Å².